The third kappa shape index (κ3) is 9.01. The van der Waals surface area contributed by atoms with Crippen LogP contribution < -0.4 is 0 Å². The minimum Gasteiger partial charge on any atom is -0.460 e. The Hall–Kier alpha value is -1.85. The summed E-state index contributed by atoms with van der Waals surface area (Å²) in [6.07, 6.45) is 0.209. The van der Waals surface area contributed by atoms with Crippen LogP contribution in [-0.4, -0.2) is 35.2 Å². The number of hydrogen-bond donors (Lipinski definition) is 0. The Balaban J connectivity index is 5.48. The molecule has 0 aliphatic carbocycles. The van der Waals surface area contributed by atoms with Crippen molar-refractivity contribution in [3.05, 3.63) is 12.7 Å². The highest BCUT2D eigenvalue weighted by Gasteiger charge is 2.40. The van der Waals surface area contributed by atoms with E-state index in [0.717, 1.165) is 6.92 Å². The van der Waals surface area contributed by atoms with Crippen molar-refractivity contribution in [3.8, 4) is 0 Å². The van der Waals surface area contributed by atoms with Gasteiger partial charge in [0.15, 0.2) is 0 Å². The van der Waals surface area contributed by atoms with Crippen molar-refractivity contribution in [1.29, 1.82) is 0 Å². The second kappa shape index (κ2) is 8.13. The fourth-order valence-electron chi connectivity index (χ4n) is 1.73. The van der Waals surface area contributed by atoms with Gasteiger partial charge in [-0.2, -0.15) is 0 Å². The van der Waals surface area contributed by atoms with Crippen LogP contribution >= 0.6 is 0 Å². The first-order valence-corrected chi connectivity index (χ1v) is 7.50. The zero-order chi connectivity index (χ0) is 18.4. The molecule has 0 spiro atoms. The Morgan fingerprint density at radius 1 is 0.957 bits per heavy atom. The van der Waals surface area contributed by atoms with Gasteiger partial charge in [-0.1, -0.05) is 6.08 Å². The molecule has 6 nitrogen and oxygen atoms in total. The van der Waals surface area contributed by atoms with Crippen LogP contribution in [0.1, 0.15) is 54.9 Å². The summed E-state index contributed by atoms with van der Waals surface area (Å²) in [5.41, 5.74) is -1.51. The molecule has 0 unspecified atom stereocenters. The summed E-state index contributed by atoms with van der Waals surface area (Å²) >= 11 is 0. The molecule has 0 heterocycles. The van der Waals surface area contributed by atoms with Gasteiger partial charge in [0.1, 0.15) is 17.1 Å². The highest BCUT2D eigenvalue weighted by atomic mass is 16.6. The van der Waals surface area contributed by atoms with Crippen LogP contribution in [0.5, 0.6) is 0 Å². The zero-order valence-corrected chi connectivity index (χ0v) is 15.1. The van der Waals surface area contributed by atoms with Gasteiger partial charge < -0.3 is 14.2 Å². The van der Waals surface area contributed by atoms with E-state index in [9.17, 15) is 14.4 Å². The lowest BCUT2D eigenvalue weighted by atomic mass is 9.97. The van der Waals surface area contributed by atoms with E-state index >= 15 is 0 Å². The van der Waals surface area contributed by atoms with Crippen LogP contribution in [-0.2, 0) is 28.6 Å². The third-order valence-electron chi connectivity index (χ3n) is 2.43. The molecule has 0 rings (SSSR count). The summed E-state index contributed by atoms with van der Waals surface area (Å²) in [5, 5.41) is 0. The lowest BCUT2D eigenvalue weighted by molar-refractivity contribution is -0.186. The van der Waals surface area contributed by atoms with Crippen molar-refractivity contribution in [3.63, 3.8) is 0 Å². The summed E-state index contributed by atoms with van der Waals surface area (Å²) < 4.78 is 15.6. The summed E-state index contributed by atoms with van der Waals surface area (Å²) in [4.78, 5) is 36.0. The van der Waals surface area contributed by atoms with Crippen molar-refractivity contribution in [2.75, 3.05) is 0 Å². The number of carbonyl (C=O) groups is 3. The van der Waals surface area contributed by atoms with Crippen molar-refractivity contribution in [2.45, 2.75) is 72.2 Å². The molecule has 0 aromatic carbocycles. The van der Waals surface area contributed by atoms with Crippen molar-refractivity contribution >= 4 is 17.9 Å². The lowest BCUT2D eigenvalue weighted by Gasteiger charge is -2.29. The molecule has 0 fully saturated rings. The Morgan fingerprint density at radius 3 is 1.74 bits per heavy atom. The number of carbonyl (C=O) groups excluding carboxylic acids is 3. The van der Waals surface area contributed by atoms with E-state index in [1.54, 1.807) is 41.5 Å². The third-order valence-corrected chi connectivity index (χ3v) is 2.43. The first kappa shape index (κ1) is 21.1. The van der Waals surface area contributed by atoms with Gasteiger partial charge in [-0.3, -0.25) is 9.59 Å². The molecule has 0 aliphatic rings. The first-order chi connectivity index (χ1) is 10.3. The van der Waals surface area contributed by atoms with Gasteiger partial charge >= 0.3 is 17.9 Å². The number of esters is 3. The van der Waals surface area contributed by atoms with Gasteiger partial charge in [0.05, 0.1) is 0 Å². The summed E-state index contributed by atoms with van der Waals surface area (Å²) in [6.45, 7) is 14.9. The van der Waals surface area contributed by atoms with Gasteiger partial charge in [-0.15, -0.1) is 6.58 Å². The largest absolute Gasteiger partial charge is 0.460 e. The van der Waals surface area contributed by atoms with E-state index in [0.29, 0.717) is 0 Å². The van der Waals surface area contributed by atoms with E-state index in [1.165, 1.54) is 6.08 Å². The number of rotatable bonds is 6. The standard InChI is InChI=1S/C17H28O6/c1-9-10-12(14(19)22-16(3,4)5)13(21-11(2)18)15(20)23-17(6,7)8/h9,12-13H,1,10H2,2-8H3/t12-,13+/m0/s1. The van der Waals surface area contributed by atoms with Crippen LogP contribution in [0.2, 0.25) is 0 Å². The monoisotopic (exact) mass is 328 g/mol. The fourth-order valence-corrected chi connectivity index (χ4v) is 1.73. The zero-order valence-electron chi connectivity index (χ0n) is 15.1. The summed E-state index contributed by atoms with van der Waals surface area (Å²) in [5.74, 6) is -3.12. The van der Waals surface area contributed by atoms with Crippen LogP contribution in [0.25, 0.3) is 0 Å². The van der Waals surface area contributed by atoms with E-state index in [4.69, 9.17) is 14.2 Å². The molecule has 0 saturated carbocycles. The molecule has 0 saturated heterocycles. The SMILES string of the molecule is C=CC[C@H](C(=O)OC(C)(C)C)[C@@H](OC(C)=O)C(=O)OC(C)(C)C. The predicted molar refractivity (Wildman–Crippen MR) is 85.5 cm³/mol. The van der Waals surface area contributed by atoms with Crippen LogP contribution in [0.4, 0.5) is 0 Å². The smallest absolute Gasteiger partial charge is 0.348 e. The molecule has 0 radical (unpaired) electrons. The molecule has 2 atom stereocenters. The average Bonchev–Trinajstić information content (AvgIpc) is 2.28. The molecule has 23 heavy (non-hydrogen) atoms. The fraction of sp³-hybridized carbons (Fsp3) is 0.706. The number of hydrogen-bond acceptors (Lipinski definition) is 6. The quantitative estimate of drug-likeness (QED) is 0.424. The normalized spacial score (nSPS) is 14.4. The maximum atomic E-state index is 12.4. The van der Waals surface area contributed by atoms with E-state index < -0.39 is 41.1 Å². The molecule has 6 heteroatoms. The van der Waals surface area contributed by atoms with Gasteiger partial charge in [-0.05, 0) is 48.0 Å². The molecular formula is C17H28O6. The maximum Gasteiger partial charge on any atom is 0.348 e. The van der Waals surface area contributed by atoms with Gasteiger partial charge in [0.2, 0.25) is 6.10 Å². The second-order valence-corrected chi connectivity index (χ2v) is 7.23. The van der Waals surface area contributed by atoms with Crippen molar-refractivity contribution in [2.24, 2.45) is 5.92 Å². The van der Waals surface area contributed by atoms with Gasteiger partial charge in [0.25, 0.3) is 0 Å². The van der Waals surface area contributed by atoms with Crippen LogP contribution in [0.15, 0.2) is 12.7 Å². The van der Waals surface area contributed by atoms with E-state index in [2.05, 4.69) is 6.58 Å². The Morgan fingerprint density at radius 2 is 1.39 bits per heavy atom. The van der Waals surface area contributed by atoms with Crippen molar-refractivity contribution < 1.29 is 28.6 Å². The first-order valence-electron chi connectivity index (χ1n) is 7.50. The molecule has 0 aromatic rings. The Kier molecular flexibility index (Phi) is 7.48. The van der Waals surface area contributed by atoms with Crippen LogP contribution in [0, 0.1) is 5.92 Å². The number of allylic oxidation sites excluding steroid dienone is 1. The lowest BCUT2D eigenvalue weighted by Crippen LogP contribution is -2.44. The average molecular weight is 328 g/mol. The Labute approximate surface area is 138 Å². The minimum absolute atomic E-state index is 0.117. The van der Waals surface area contributed by atoms with Gasteiger partial charge in [-0.25, -0.2) is 4.79 Å². The van der Waals surface area contributed by atoms with Gasteiger partial charge in [0, 0.05) is 6.92 Å². The molecule has 132 valence electrons. The second-order valence-electron chi connectivity index (χ2n) is 7.23. The Bertz CT molecular complexity index is 453. The molecule has 0 aromatic heterocycles. The van der Waals surface area contributed by atoms with E-state index in [-0.39, 0.29) is 6.42 Å². The molecule has 0 aliphatic heterocycles. The minimum atomic E-state index is -1.38. The summed E-state index contributed by atoms with van der Waals surface area (Å²) in [6, 6.07) is 0. The summed E-state index contributed by atoms with van der Waals surface area (Å²) in [7, 11) is 0. The predicted octanol–water partition coefficient (Wildman–Crippen LogP) is 2.79. The maximum absolute atomic E-state index is 12.4. The molecule has 0 bridgehead atoms. The highest BCUT2D eigenvalue weighted by Crippen LogP contribution is 2.22. The molecule has 0 amide bonds. The van der Waals surface area contributed by atoms with Crippen LogP contribution in [0.3, 0.4) is 0 Å². The number of ether oxygens (including phenoxy) is 3. The molecule has 0 N–H and O–H groups in total. The highest BCUT2D eigenvalue weighted by molar-refractivity contribution is 5.86. The van der Waals surface area contributed by atoms with E-state index in [1.807, 2.05) is 0 Å². The topological polar surface area (TPSA) is 78.9 Å². The molecular weight excluding hydrogens is 300 g/mol. The van der Waals surface area contributed by atoms with Crippen molar-refractivity contribution in [1.82, 2.24) is 0 Å².